The summed E-state index contributed by atoms with van der Waals surface area (Å²) in [5, 5.41) is 9.80. The molecule has 0 aromatic rings. The van der Waals surface area contributed by atoms with Gasteiger partial charge in [-0.15, -0.1) is 0 Å². The van der Waals surface area contributed by atoms with Crippen LogP contribution in [0.3, 0.4) is 0 Å². The van der Waals surface area contributed by atoms with Crippen LogP contribution in [0.15, 0.2) is 170 Å². The summed E-state index contributed by atoms with van der Waals surface area (Å²) >= 11 is 0. The van der Waals surface area contributed by atoms with Crippen molar-refractivity contribution in [1.29, 1.82) is 0 Å². The Balaban J connectivity index is 4.98. The Bertz CT molecular complexity index is 1920. The number of allylic oxidation sites excluding steroid dienone is 28. The summed E-state index contributed by atoms with van der Waals surface area (Å²) in [6.07, 6.45) is 74.8. The standard InChI is InChI=1S/C64H97O11P/c1-4-7-10-13-16-19-22-25-28-29-30-31-34-37-40-43-46-49-52-55-64(68)75-61(57-71-62(66)53-50-47-44-41-38-35-32-26-23-20-17-14-11-8-5-2)59-73-76(69,70)72-58-60(56-65)74-63(67)54-51-48-45-42-39-36-33-27-24-21-18-15-12-9-6-3/h7-12,16-21,25-28,30-33,37-42,46,49,60-61,65H,4-6,13-15,22-24,29,34-36,43-45,47-48,50-59H2,1-3H3,(H,69,70)/b10-7-,11-8-,12-9-,19-16-,20-17-,21-18-,28-25-,31-30-,32-26-,33-27-,40-37-,41-38-,42-39-,49-46-. The van der Waals surface area contributed by atoms with Crippen LogP contribution >= 0.6 is 7.82 Å². The molecule has 0 spiro atoms. The molecule has 0 saturated heterocycles. The molecule has 2 N–H and O–H groups in total. The number of hydrogen-bond donors (Lipinski definition) is 2. The Morgan fingerprint density at radius 2 is 0.658 bits per heavy atom. The second-order valence-corrected chi connectivity index (χ2v) is 19.1. The first kappa shape index (κ1) is 70.8. The summed E-state index contributed by atoms with van der Waals surface area (Å²) in [4.78, 5) is 48.5. The van der Waals surface area contributed by atoms with Gasteiger partial charge in [-0.3, -0.25) is 23.4 Å². The Hall–Kier alpha value is -5.16. The molecule has 0 bridgehead atoms. The van der Waals surface area contributed by atoms with Crippen molar-refractivity contribution in [2.24, 2.45) is 0 Å². The fourth-order valence-corrected chi connectivity index (χ4v) is 7.26. The number of carbonyl (C=O) groups excluding carboxylic acids is 3. The molecule has 0 aliphatic carbocycles. The van der Waals surface area contributed by atoms with Crippen molar-refractivity contribution in [3.8, 4) is 0 Å². The molecule has 11 nitrogen and oxygen atoms in total. The van der Waals surface area contributed by atoms with Crippen LogP contribution in [-0.2, 0) is 42.2 Å². The van der Waals surface area contributed by atoms with E-state index in [1.807, 2.05) is 12.2 Å². The van der Waals surface area contributed by atoms with Gasteiger partial charge in [0.05, 0.1) is 19.8 Å². The molecule has 3 atom stereocenters. The maximum Gasteiger partial charge on any atom is 0.472 e. The predicted molar refractivity (Wildman–Crippen MR) is 315 cm³/mol. The largest absolute Gasteiger partial charge is 0.472 e. The molecule has 424 valence electrons. The highest BCUT2D eigenvalue weighted by molar-refractivity contribution is 7.47. The first-order valence-electron chi connectivity index (χ1n) is 28.0. The number of unbranched alkanes of at least 4 members (excludes halogenated alkanes) is 4. The highest BCUT2D eigenvalue weighted by Gasteiger charge is 2.28. The number of phosphoric ester groups is 1. The van der Waals surface area contributed by atoms with E-state index in [-0.39, 0.29) is 19.3 Å². The number of aliphatic hydroxyl groups is 1. The van der Waals surface area contributed by atoms with Gasteiger partial charge in [0.25, 0.3) is 0 Å². The first-order valence-corrected chi connectivity index (χ1v) is 29.5. The smallest absolute Gasteiger partial charge is 0.462 e. The van der Waals surface area contributed by atoms with Crippen molar-refractivity contribution in [3.05, 3.63) is 170 Å². The molecule has 0 aliphatic rings. The third-order valence-electron chi connectivity index (χ3n) is 10.6. The molecule has 76 heavy (non-hydrogen) atoms. The van der Waals surface area contributed by atoms with Crippen LogP contribution in [0, 0.1) is 0 Å². The lowest BCUT2D eigenvalue weighted by atomic mass is 10.2. The molecule has 0 fully saturated rings. The van der Waals surface area contributed by atoms with E-state index in [1.165, 1.54) is 0 Å². The molecule has 0 rings (SSSR count). The minimum atomic E-state index is -4.80. The highest BCUT2D eigenvalue weighted by atomic mass is 31.2. The van der Waals surface area contributed by atoms with Crippen molar-refractivity contribution in [2.45, 2.75) is 187 Å². The zero-order valence-corrected chi connectivity index (χ0v) is 47.5. The van der Waals surface area contributed by atoms with Gasteiger partial charge in [-0.1, -0.05) is 191 Å². The van der Waals surface area contributed by atoms with E-state index in [4.69, 9.17) is 23.3 Å². The third kappa shape index (κ3) is 53.7. The van der Waals surface area contributed by atoms with Gasteiger partial charge in [0.1, 0.15) is 12.7 Å². The van der Waals surface area contributed by atoms with Crippen LogP contribution in [0.4, 0.5) is 0 Å². The summed E-state index contributed by atoms with van der Waals surface area (Å²) in [5.41, 5.74) is 0. The second kappa shape index (κ2) is 56.1. The lowest BCUT2D eigenvalue weighted by Gasteiger charge is -2.21. The van der Waals surface area contributed by atoms with Gasteiger partial charge in [-0.05, 0) is 135 Å². The number of hydrogen-bond acceptors (Lipinski definition) is 10. The summed E-state index contributed by atoms with van der Waals surface area (Å²) < 4.78 is 39.3. The topological polar surface area (TPSA) is 155 Å². The Kier molecular flexibility index (Phi) is 52.2. The number of phosphoric acid groups is 1. The Labute approximate surface area is 459 Å². The quantitative estimate of drug-likeness (QED) is 0.0197. The van der Waals surface area contributed by atoms with Crippen LogP contribution in [0.5, 0.6) is 0 Å². The van der Waals surface area contributed by atoms with Gasteiger partial charge >= 0.3 is 25.7 Å². The van der Waals surface area contributed by atoms with E-state index in [1.54, 1.807) is 0 Å². The fourth-order valence-electron chi connectivity index (χ4n) is 6.48. The SMILES string of the molecule is CC/C=C\C/C=C\C/C=C\C/C=C\C/C=C\C/C=C\CCC(=O)OC(COC(=O)CCCC/C=C\C/C=C\C/C=C\C/C=C\CC)COP(=O)(O)OCC(CO)OC(=O)CCCC/C=C\C/C=C\C/C=C\C/C=C\CC. The minimum absolute atomic E-state index is 0.0190. The van der Waals surface area contributed by atoms with Gasteiger partial charge in [-0.2, -0.15) is 0 Å². The molecular formula is C64H97O11P. The number of esters is 3. The van der Waals surface area contributed by atoms with Gasteiger partial charge in [0.2, 0.25) is 0 Å². The van der Waals surface area contributed by atoms with E-state index in [0.717, 1.165) is 109 Å². The van der Waals surface area contributed by atoms with Crippen molar-refractivity contribution >= 4 is 25.7 Å². The minimum Gasteiger partial charge on any atom is -0.462 e. The van der Waals surface area contributed by atoms with Gasteiger partial charge < -0.3 is 24.2 Å². The van der Waals surface area contributed by atoms with Crippen molar-refractivity contribution in [3.63, 3.8) is 0 Å². The number of aliphatic hydroxyl groups excluding tert-OH is 1. The van der Waals surface area contributed by atoms with Crippen LogP contribution in [0.25, 0.3) is 0 Å². The van der Waals surface area contributed by atoms with E-state index < -0.39 is 64.4 Å². The maximum atomic E-state index is 12.9. The molecule has 0 amide bonds. The molecule has 0 aromatic carbocycles. The zero-order chi connectivity index (χ0) is 55.5. The lowest BCUT2D eigenvalue weighted by Crippen LogP contribution is -2.30. The van der Waals surface area contributed by atoms with Crippen LogP contribution < -0.4 is 0 Å². The number of carbonyl (C=O) groups is 3. The fraction of sp³-hybridized carbons (Fsp3) is 0.516. The average Bonchev–Trinajstić information content (AvgIpc) is 3.41. The molecule has 3 unspecified atom stereocenters. The van der Waals surface area contributed by atoms with Crippen LogP contribution in [0.2, 0.25) is 0 Å². The van der Waals surface area contributed by atoms with Crippen molar-refractivity contribution in [2.75, 3.05) is 26.4 Å². The van der Waals surface area contributed by atoms with E-state index in [0.29, 0.717) is 25.7 Å². The van der Waals surface area contributed by atoms with Gasteiger partial charge in [0.15, 0.2) is 6.10 Å². The molecule has 0 saturated carbocycles. The number of rotatable bonds is 49. The van der Waals surface area contributed by atoms with Gasteiger partial charge in [-0.25, -0.2) is 4.57 Å². The molecule has 0 radical (unpaired) electrons. The van der Waals surface area contributed by atoms with Gasteiger partial charge in [0, 0.05) is 19.3 Å². The normalized spacial score (nSPS) is 14.6. The summed E-state index contributed by atoms with van der Waals surface area (Å²) in [5.74, 6) is -1.69. The third-order valence-corrected chi connectivity index (χ3v) is 11.6. The molecule has 0 aromatic heterocycles. The molecule has 0 aliphatic heterocycles. The van der Waals surface area contributed by atoms with E-state index >= 15 is 0 Å². The Morgan fingerprint density at radius 3 is 1.01 bits per heavy atom. The predicted octanol–water partition coefficient (Wildman–Crippen LogP) is 16.7. The first-order chi connectivity index (χ1) is 37.2. The zero-order valence-electron chi connectivity index (χ0n) is 46.6. The summed E-state index contributed by atoms with van der Waals surface area (Å²) in [6, 6.07) is 0. The Morgan fingerprint density at radius 1 is 0.368 bits per heavy atom. The average molecular weight is 1070 g/mol. The lowest BCUT2D eigenvalue weighted by molar-refractivity contribution is -0.161. The van der Waals surface area contributed by atoms with Crippen LogP contribution in [-0.4, -0.2) is 66.5 Å². The molecule has 0 heterocycles. The van der Waals surface area contributed by atoms with E-state index in [9.17, 15) is 28.9 Å². The second-order valence-electron chi connectivity index (χ2n) is 17.6. The highest BCUT2D eigenvalue weighted by Crippen LogP contribution is 2.43. The van der Waals surface area contributed by atoms with Crippen LogP contribution in [0.1, 0.15) is 175 Å². The van der Waals surface area contributed by atoms with E-state index in [2.05, 4.69) is 179 Å². The molecular weight excluding hydrogens is 976 g/mol. The number of ether oxygens (including phenoxy) is 3. The van der Waals surface area contributed by atoms with Crippen molar-refractivity contribution in [1.82, 2.24) is 0 Å². The maximum absolute atomic E-state index is 12.9. The monoisotopic (exact) mass is 1070 g/mol. The molecule has 12 heteroatoms. The van der Waals surface area contributed by atoms with Crippen molar-refractivity contribution < 1.29 is 52.2 Å². The summed E-state index contributed by atoms with van der Waals surface area (Å²) in [6.45, 7) is 4.08. The summed E-state index contributed by atoms with van der Waals surface area (Å²) in [7, 11) is -4.80.